The summed E-state index contributed by atoms with van der Waals surface area (Å²) in [6, 6.07) is 22.9. The molecule has 7 aromatic rings. The maximum absolute atomic E-state index is 14.0. The summed E-state index contributed by atoms with van der Waals surface area (Å²) >= 11 is 0. The van der Waals surface area contributed by atoms with Gasteiger partial charge in [-0.15, -0.1) is 0 Å². The Kier molecular flexibility index (Phi) is 6.12. The lowest BCUT2D eigenvalue weighted by molar-refractivity contribution is -0.115. The van der Waals surface area contributed by atoms with E-state index in [0.717, 1.165) is 33.7 Å². The standard InChI is InChI=1S/C32H22FN7O2/c33-22-11-20(13-24(41)15-22)25-8-9-35-31-29(25)37-32(38-31)30-26-14-19(6-7-27(26)39-40-30)21-12-23(17-34-16-21)36-28(42)10-18-4-2-1-3-5-18/h1-9,11-17,41H,10H2,(H,36,42)(H,39,40)(H,35,37,38). The number of aromatic nitrogens is 6. The van der Waals surface area contributed by atoms with E-state index in [1.807, 2.05) is 54.6 Å². The first kappa shape index (κ1) is 25.1. The fourth-order valence-electron chi connectivity index (χ4n) is 5.02. The third-order valence-electron chi connectivity index (χ3n) is 6.94. The van der Waals surface area contributed by atoms with Crippen LogP contribution in [0.25, 0.3) is 55.8 Å². The molecule has 0 saturated heterocycles. The van der Waals surface area contributed by atoms with Gasteiger partial charge < -0.3 is 15.4 Å². The number of rotatable bonds is 6. The van der Waals surface area contributed by atoms with E-state index in [1.165, 1.54) is 12.1 Å². The number of nitrogens with zero attached hydrogens (tertiary/aromatic N) is 4. The first-order valence-electron chi connectivity index (χ1n) is 13.1. The van der Waals surface area contributed by atoms with Crippen molar-refractivity contribution in [1.29, 1.82) is 0 Å². The normalized spacial score (nSPS) is 11.3. The molecule has 4 heterocycles. The Morgan fingerprint density at radius 3 is 2.67 bits per heavy atom. The number of anilines is 1. The van der Waals surface area contributed by atoms with Gasteiger partial charge in [-0.2, -0.15) is 5.10 Å². The summed E-state index contributed by atoms with van der Waals surface area (Å²) in [5.74, 6) is -0.363. The van der Waals surface area contributed by atoms with Crippen molar-refractivity contribution in [3.8, 4) is 39.5 Å². The van der Waals surface area contributed by atoms with Crippen LogP contribution in [-0.4, -0.2) is 41.1 Å². The third kappa shape index (κ3) is 4.81. The van der Waals surface area contributed by atoms with Crippen LogP contribution in [0.15, 0.2) is 97.5 Å². The first-order valence-corrected chi connectivity index (χ1v) is 13.1. The molecule has 7 rings (SSSR count). The molecule has 0 radical (unpaired) electrons. The monoisotopic (exact) mass is 555 g/mol. The number of amides is 1. The van der Waals surface area contributed by atoms with Crippen LogP contribution in [0.5, 0.6) is 5.75 Å². The molecule has 42 heavy (non-hydrogen) atoms. The molecule has 0 atom stereocenters. The Morgan fingerprint density at radius 1 is 0.929 bits per heavy atom. The zero-order chi connectivity index (χ0) is 28.6. The molecular formula is C32H22FN7O2. The topological polar surface area (TPSA) is 132 Å². The van der Waals surface area contributed by atoms with E-state index in [4.69, 9.17) is 0 Å². The number of nitrogens with one attached hydrogen (secondary N) is 3. The zero-order valence-corrected chi connectivity index (χ0v) is 22.0. The molecule has 3 aromatic carbocycles. The van der Waals surface area contributed by atoms with Crippen LogP contribution in [0.3, 0.4) is 0 Å². The van der Waals surface area contributed by atoms with Crippen molar-refractivity contribution in [1.82, 2.24) is 30.1 Å². The summed E-state index contributed by atoms with van der Waals surface area (Å²) < 4.78 is 14.0. The number of halogens is 1. The highest BCUT2D eigenvalue weighted by molar-refractivity contribution is 5.98. The minimum Gasteiger partial charge on any atom is -0.508 e. The predicted octanol–water partition coefficient (Wildman–Crippen LogP) is 6.26. The summed E-state index contributed by atoms with van der Waals surface area (Å²) in [6.07, 6.45) is 5.21. The van der Waals surface area contributed by atoms with Gasteiger partial charge in [0, 0.05) is 35.0 Å². The third-order valence-corrected chi connectivity index (χ3v) is 6.94. The number of aromatic hydroxyl groups is 1. The number of H-pyrrole nitrogens is 2. The highest BCUT2D eigenvalue weighted by Crippen LogP contribution is 2.34. The summed E-state index contributed by atoms with van der Waals surface area (Å²) in [4.78, 5) is 29.2. The lowest BCUT2D eigenvalue weighted by Gasteiger charge is -2.08. The highest BCUT2D eigenvalue weighted by atomic mass is 19.1. The average Bonchev–Trinajstić information content (AvgIpc) is 3.61. The van der Waals surface area contributed by atoms with Gasteiger partial charge in [-0.25, -0.2) is 14.4 Å². The Balaban J connectivity index is 1.22. The van der Waals surface area contributed by atoms with Crippen LogP contribution in [0.1, 0.15) is 5.56 Å². The van der Waals surface area contributed by atoms with E-state index in [9.17, 15) is 14.3 Å². The average molecular weight is 556 g/mol. The molecule has 0 unspecified atom stereocenters. The Bertz CT molecular complexity index is 2080. The number of aromatic amines is 2. The smallest absolute Gasteiger partial charge is 0.228 e. The quantitative estimate of drug-likeness (QED) is 0.192. The zero-order valence-electron chi connectivity index (χ0n) is 22.0. The van der Waals surface area contributed by atoms with Crippen molar-refractivity contribution in [3.05, 3.63) is 109 Å². The van der Waals surface area contributed by atoms with E-state index in [2.05, 4.69) is 35.5 Å². The minimum atomic E-state index is -0.546. The van der Waals surface area contributed by atoms with Crippen LogP contribution in [0, 0.1) is 5.82 Å². The number of benzene rings is 3. The Labute approximate surface area is 238 Å². The second-order valence-corrected chi connectivity index (χ2v) is 9.85. The van der Waals surface area contributed by atoms with Crippen LogP contribution in [-0.2, 0) is 11.2 Å². The maximum Gasteiger partial charge on any atom is 0.228 e. The van der Waals surface area contributed by atoms with E-state index >= 15 is 0 Å². The number of fused-ring (bicyclic) bond motifs is 2. The lowest BCUT2D eigenvalue weighted by atomic mass is 10.0. The molecule has 0 aliphatic carbocycles. The van der Waals surface area contributed by atoms with Gasteiger partial charge in [-0.05, 0) is 53.1 Å². The van der Waals surface area contributed by atoms with Gasteiger partial charge in [-0.1, -0.05) is 36.4 Å². The molecule has 0 spiro atoms. The fraction of sp³-hybridized carbons (Fsp3) is 0.0312. The molecule has 4 N–H and O–H groups in total. The van der Waals surface area contributed by atoms with Gasteiger partial charge in [0.1, 0.15) is 17.3 Å². The van der Waals surface area contributed by atoms with Crippen molar-refractivity contribution in [2.24, 2.45) is 0 Å². The van der Waals surface area contributed by atoms with Gasteiger partial charge in [-0.3, -0.25) is 14.9 Å². The van der Waals surface area contributed by atoms with Crippen molar-refractivity contribution in [2.45, 2.75) is 6.42 Å². The minimum absolute atomic E-state index is 0.126. The molecule has 0 saturated carbocycles. The van der Waals surface area contributed by atoms with Crippen molar-refractivity contribution >= 4 is 33.7 Å². The number of carbonyl (C=O) groups excluding carboxylic acids is 1. The van der Waals surface area contributed by atoms with Crippen molar-refractivity contribution < 1.29 is 14.3 Å². The Hall–Kier alpha value is -5.90. The van der Waals surface area contributed by atoms with Crippen molar-refractivity contribution in [3.63, 3.8) is 0 Å². The second-order valence-electron chi connectivity index (χ2n) is 9.85. The molecule has 0 bridgehead atoms. The number of phenols is 1. The number of carbonyl (C=O) groups is 1. The fourth-order valence-corrected chi connectivity index (χ4v) is 5.02. The molecule has 204 valence electrons. The number of hydrogen-bond donors (Lipinski definition) is 4. The van der Waals surface area contributed by atoms with Crippen LogP contribution < -0.4 is 5.32 Å². The summed E-state index contributed by atoms with van der Waals surface area (Å²) in [5, 5.41) is 21.2. The van der Waals surface area contributed by atoms with Gasteiger partial charge in [0.05, 0.1) is 29.3 Å². The van der Waals surface area contributed by atoms with Crippen molar-refractivity contribution in [2.75, 3.05) is 5.32 Å². The number of pyridine rings is 2. The molecule has 0 aliphatic rings. The molecular weight excluding hydrogens is 533 g/mol. The van der Waals surface area contributed by atoms with Crippen LogP contribution in [0.2, 0.25) is 0 Å². The number of phenolic OH excluding ortho intramolecular Hbond substituents is 1. The highest BCUT2D eigenvalue weighted by Gasteiger charge is 2.17. The summed E-state index contributed by atoms with van der Waals surface area (Å²) in [5.41, 5.74) is 6.77. The van der Waals surface area contributed by atoms with Gasteiger partial charge >= 0.3 is 0 Å². The molecule has 10 heteroatoms. The van der Waals surface area contributed by atoms with Crippen LogP contribution >= 0.6 is 0 Å². The predicted molar refractivity (Wildman–Crippen MR) is 158 cm³/mol. The first-order chi connectivity index (χ1) is 20.5. The van der Waals surface area contributed by atoms with E-state index < -0.39 is 5.82 Å². The SMILES string of the molecule is O=C(Cc1ccccc1)Nc1cncc(-c2ccc3[nH]nc(-c4nc5nccc(-c6cc(O)cc(F)c6)c5[nH]4)c3c2)c1. The number of imidazole rings is 1. The van der Waals surface area contributed by atoms with E-state index in [-0.39, 0.29) is 18.1 Å². The van der Waals surface area contributed by atoms with Gasteiger partial charge in [0.2, 0.25) is 5.91 Å². The second kappa shape index (κ2) is 10.3. The largest absolute Gasteiger partial charge is 0.508 e. The number of hydrogen-bond acceptors (Lipinski definition) is 6. The summed E-state index contributed by atoms with van der Waals surface area (Å²) in [7, 11) is 0. The molecule has 9 nitrogen and oxygen atoms in total. The van der Waals surface area contributed by atoms with E-state index in [0.29, 0.717) is 39.5 Å². The van der Waals surface area contributed by atoms with Gasteiger partial charge in [0.25, 0.3) is 0 Å². The van der Waals surface area contributed by atoms with E-state index in [1.54, 1.807) is 24.7 Å². The lowest BCUT2D eigenvalue weighted by Crippen LogP contribution is -2.14. The van der Waals surface area contributed by atoms with Crippen LogP contribution in [0.4, 0.5) is 10.1 Å². The molecule has 0 fully saturated rings. The summed E-state index contributed by atoms with van der Waals surface area (Å²) in [6.45, 7) is 0. The molecule has 4 aromatic heterocycles. The molecule has 0 aliphatic heterocycles. The maximum atomic E-state index is 14.0. The van der Waals surface area contributed by atoms with Gasteiger partial charge in [0.15, 0.2) is 11.5 Å². The molecule has 1 amide bonds. The Morgan fingerprint density at radius 2 is 1.81 bits per heavy atom.